The molecule has 23 heavy (non-hydrogen) atoms. The van der Waals surface area contributed by atoms with E-state index in [-0.39, 0.29) is 12.0 Å². The predicted molar refractivity (Wildman–Crippen MR) is 70.2 cm³/mol. The van der Waals surface area contributed by atoms with E-state index in [0.29, 0.717) is 0 Å². The summed E-state index contributed by atoms with van der Waals surface area (Å²) >= 11 is 0. The molecule has 0 spiro atoms. The summed E-state index contributed by atoms with van der Waals surface area (Å²) in [6.07, 6.45) is -12.5. The average molecular weight is 339 g/mol. The van der Waals surface area contributed by atoms with Crippen LogP contribution in [0.4, 0.5) is 26.3 Å². The maximum atomic E-state index is 12.5. The number of hydrogen-bond acceptors (Lipinski definition) is 2. The van der Waals surface area contributed by atoms with Crippen LogP contribution in [0.15, 0.2) is 24.3 Å². The molecule has 1 N–H and O–H groups in total. The monoisotopic (exact) mass is 339 g/mol. The molecular formula is C15H15F6NO. The van der Waals surface area contributed by atoms with E-state index in [4.69, 9.17) is 0 Å². The zero-order valence-electron chi connectivity index (χ0n) is 12.2. The van der Waals surface area contributed by atoms with Crippen molar-refractivity contribution in [2.24, 2.45) is 5.41 Å². The van der Waals surface area contributed by atoms with E-state index in [1.807, 2.05) is 0 Å². The molecule has 128 valence electrons. The molecule has 0 aliphatic rings. The molecule has 0 aromatic heterocycles. The number of aliphatic hydroxyl groups is 1. The van der Waals surface area contributed by atoms with E-state index in [9.17, 15) is 36.7 Å². The lowest BCUT2D eigenvalue weighted by atomic mass is 9.75. The Hall–Kier alpha value is -1.75. The largest absolute Gasteiger partial charge is 0.416 e. The van der Waals surface area contributed by atoms with Crippen molar-refractivity contribution in [3.05, 3.63) is 35.4 Å². The van der Waals surface area contributed by atoms with Crippen LogP contribution < -0.4 is 0 Å². The first-order valence-electron chi connectivity index (χ1n) is 6.72. The molecular weight excluding hydrogens is 324 g/mol. The molecule has 0 fully saturated rings. The zero-order valence-corrected chi connectivity index (χ0v) is 12.2. The van der Waals surface area contributed by atoms with Gasteiger partial charge in [-0.1, -0.05) is 12.1 Å². The maximum absolute atomic E-state index is 12.5. The number of nitrogens with zero attached hydrogens (tertiary/aromatic N) is 1. The fourth-order valence-electron chi connectivity index (χ4n) is 2.17. The van der Waals surface area contributed by atoms with Crippen molar-refractivity contribution in [2.45, 2.75) is 44.6 Å². The highest BCUT2D eigenvalue weighted by Crippen LogP contribution is 2.37. The normalized spacial score (nSPS) is 16.5. The Morgan fingerprint density at radius 3 is 1.91 bits per heavy atom. The van der Waals surface area contributed by atoms with Gasteiger partial charge in [0, 0.05) is 6.42 Å². The Morgan fingerprint density at radius 1 is 1.04 bits per heavy atom. The van der Waals surface area contributed by atoms with Crippen molar-refractivity contribution in [2.75, 3.05) is 0 Å². The molecule has 0 amide bonds. The third-order valence-corrected chi connectivity index (χ3v) is 3.68. The van der Waals surface area contributed by atoms with Crippen LogP contribution in [0.2, 0.25) is 0 Å². The molecule has 0 aliphatic heterocycles. The summed E-state index contributed by atoms with van der Waals surface area (Å²) in [7, 11) is 0. The third kappa shape index (κ3) is 5.43. The highest BCUT2D eigenvalue weighted by molar-refractivity contribution is 5.27. The van der Waals surface area contributed by atoms with Crippen LogP contribution in [-0.4, -0.2) is 17.4 Å². The van der Waals surface area contributed by atoms with Crippen LogP contribution in [0.5, 0.6) is 0 Å². The highest BCUT2D eigenvalue weighted by atomic mass is 19.4. The van der Waals surface area contributed by atoms with E-state index in [2.05, 4.69) is 0 Å². The lowest BCUT2D eigenvalue weighted by Crippen LogP contribution is -2.35. The first kappa shape index (κ1) is 19.3. The second kappa shape index (κ2) is 6.79. The number of rotatable bonds is 5. The molecule has 0 radical (unpaired) electrons. The minimum atomic E-state index is -4.52. The molecule has 0 saturated heterocycles. The van der Waals surface area contributed by atoms with Crippen molar-refractivity contribution in [1.82, 2.24) is 0 Å². The minimum Gasteiger partial charge on any atom is -0.392 e. The van der Waals surface area contributed by atoms with Crippen LogP contribution in [-0.2, 0) is 12.6 Å². The lowest BCUT2D eigenvalue weighted by Gasteiger charge is -2.30. The van der Waals surface area contributed by atoms with Crippen molar-refractivity contribution < 1.29 is 31.4 Å². The molecule has 1 rings (SSSR count). The van der Waals surface area contributed by atoms with Gasteiger partial charge in [0.2, 0.25) is 0 Å². The minimum absolute atomic E-state index is 0.252. The number of nitriles is 1. The van der Waals surface area contributed by atoms with Gasteiger partial charge in [-0.2, -0.15) is 31.6 Å². The van der Waals surface area contributed by atoms with Crippen LogP contribution >= 0.6 is 0 Å². The van der Waals surface area contributed by atoms with Crippen LogP contribution in [0, 0.1) is 16.7 Å². The number of halogens is 6. The second-order valence-corrected chi connectivity index (χ2v) is 5.43. The molecule has 0 bridgehead atoms. The van der Waals surface area contributed by atoms with Gasteiger partial charge < -0.3 is 5.11 Å². The SMILES string of the molecule is CC(O)C(C#N)(CCC(F)(F)F)Cc1ccc(C(F)(F)F)cc1. The van der Waals surface area contributed by atoms with Gasteiger partial charge in [0.15, 0.2) is 0 Å². The predicted octanol–water partition coefficient (Wildman–Crippen LogP) is 4.48. The topological polar surface area (TPSA) is 44.0 Å². The van der Waals surface area contributed by atoms with E-state index in [1.54, 1.807) is 6.07 Å². The van der Waals surface area contributed by atoms with Gasteiger partial charge in [0.25, 0.3) is 0 Å². The number of hydrogen-bond donors (Lipinski definition) is 1. The standard InChI is InChI=1S/C15H15F6NO/c1-10(23)13(9-22,6-7-14(16,17)18)8-11-2-4-12(5-3-11)15(19,20)21/h2-5,10,23H,6-8H2,1H3. The van der Waals surface area contributed by atoms with Crippen LogP contribution in [0.1, 0.15) is 30.9 Å². The average Bonchev–Trinajstić information content (AvgIpc) is 2.42. The Bertz CT molecular complexity index is 555. The Labute approximate surface area is 129 Å². The summed E-state index contributed by atoms with van der Waals surface area (Å²) in [6, 6.07) is 5.50. The van der Waals surface area contributed by atoms with E-state index in [0.717, 1.165) is 24.3 Å². The number of benzene rings is 1. The Balaban J connectivity index is 3.00. The molecule has 1 aromatic carbocycles. The van der Waals surface area contributed by atoms with E-state index in [1.165, 1.54) is 6.92 Å². The Morgan fingerprint density at radius 2 is 1.57 bits per heavy atom. The van der Waals surface area contributed by atoms with Gasteiger partial charge in [0.1, 0.15) is 0 Å². The first-order chi connectivity index (χ1) is 10.4. The fourth-order valence-corrected chi connectivity index (χ4v) is 2.17. The summed E-state index contributed by atoms with van der Waals surface area (Å²) in [5.74, 6) is 0. The van der Waals surface area contributed by atoms with Crippen molar-refractivity contribution in [1.29, 1.82) is 5.26 Å². The van der Waals surface area contributed by atoms with Gasteiger partial charge in [-0.3, -0.25) is 0 Å². The lowest BCUT2D eigenvalue weighted by molar-refractivity contribution is -0.142. The fraction of sp³-hybridized carbons (Fsp3) is 0.533. The van der Waals surface area contributed by atoms with Gasteiger partial charge in [-0.05, 0) is 37.5 Å². The highest BCUT2D eigenvalue weighted by Gasteiger charge is 2.40. The molecule has 0 heterocycles. The summed E-state index contributed by atoms with van der Waals surface area (Å²) in [5, 5.41) is 19.0. The molecule has 1 aromatic rings. The maximum Gasteiger partial charge on any atom is 0.416 e. The molecule has 0 aliphatic carbocycles. The summed E-state index contributed by atoms with van der Waals surface area (Å²) in [6.45, 7) is 1.20. The molecule has 0 saturated carbocycles. The van der Waals surface area contributed by atoms with Crippen LogP contribution in [0.3, 0.4) is 0 Å². The Kier molecular flexibility index (Phi) is 5.69. The zero-order chi connectivity index (χ0) is 17.9. The van der Waals surface area contributed by atoms with Crippen LogP contribution in [0.25, 0.3) is 0 Å². The number of alkyl halides is 6. The van der Waals surface area contributed by atoms with Crippen molar-refractivity contribution in [3.8, 4) is 6.07 Å². The summed E-state index contributed by atoms with van der Waals surface area (Å²) in [4.78, 5) is 0. The van der Waals surface area contributed by atoms with Gasteiger partial charge in [-0.25, -0.2) is 0 Å². The third-order valence-electron chi connectivity index (χ3n) is 3.68. The van der Waals surface area contributed by atoms with Crippen molar-refractivity contribution >= 4 is 0 Å². The van der Waals surface area contributed by atoms with E-state index < -0.39 is 42.3 Å². The smallest absolute Gasteiger partial charge is 0.392 e. The molecule has 2 nitrogen and oxygen atoms in total. The van der Waals surface area contributed by atoms with E-state index >= 15 is 0 Å². The first-order valence-corrected chi connectivity index (χ1v) is 6.72. The van der Waals surface area contributed by atoms with Gasteiger partial charge in [-0.15, -0.1) is 0 Å². The molecule has 2 atom stereocenters. The van der Waals surface area contributed by atoms with Crippen molar-refractivity contribution in [3.63, 3.8) is 0 Å². The quantitative estimate of drug-likeness (QED) is 0.804. The molecule has 8 heteroatoms. The summed E-state index contributed by atoms with van der Waals surface area (Å²) in [5.41, 5.74) is -2.35. The van der Waals surface area contributed by atoms with Gasteiger partial charge >= 0.3 is 12.4 Å². The summed E-state index contributed by atoms with van der Waals surface area (Å²) < 4.78 is 74.6. The number of aliphatic hydroxyl groups excluding tert-OH is 1. The van der Waals surface area contributed by atoms with Gasteiger partial charge in [0.05, 0.1) is 23.2 Å². The molecule has 2 unspecified atom stereocenters. The second-order valence-electron chi connectivity index (χ2n) is 5.43.